The number of likely N-dealkylation sites (tertiary alicyclic amines) is 1. The van der Waals surface area contributed by atoms with Crippen molar-refractivity contribution in [2.75, 3.05) is 19.7 Å². The number of amides is 2. The van der Waals surface area contributed by atoms with Gasteiger partial charge in [-0.05, 0) is 46.9 Å². The molecule has 1 fully saturated rings. The van der Waals surface area contributed by atoms with Crippen LogP contribution < -0.4 is 5.32 Å². The summed E-state index contributed by atoms with van der Waals surface area (Å²) >= 11 is 0. The third-order valence-electron chi connectivity index (χ3n) is 7.37. The van der Waals surface area contributed by atoms with Gasteiger partial charge in [-0.15, -0.1) is 0 Å². The van der Waals surface area contributed by atoms with Crippen molar-refractivity contribution in [2.45, 2.75) is 51.5 Å². The van der Waals surface area contributed by atoms with Crippen LogP contribution in [0.1, 0.15) is 56.6 Å². The lowest BCUT2D eigenvalue weighted by Gasteiger charge is -2.42. The first-order chi connectivity index (χ1) is 16.9. The second-order valence-corrected chi connectivity index (χ2v) is 9.73. The summed E-state index contributed by atoms with van der Waals surface area (Å²) in [6.45, 7) is 5.37. The average molecular weight is 479 g/mol. The molecule has 2 aliphatic rings. The monoisotopic (exact) mass is 478 g/mol. The molecule has 1 saturated heterocycles. The van der Waals surface area contributed by atoms with Crippen molar-refractivity contribution in [1.82, 2.24) is 10.2 Å². The molecule has 7 nitrogen and oxygen atoms in total. The Morgan fingerprint density at radius 3 is 2.23 bits per heavy atom. The highest BCUT2D eigenvalue weighted by Crippen LogP contribution is 2.44. The highest BCUT2D eigenvalue weighted by Gasteiger charge is 2.37. The Balaban J connectivity index is 1.33. The molecule has 1 unspecified atom stereocenters. The number of alkyl carbamates (subject to hydrolysis) is 1. The number of rotatable bonds is 10. The molecule has 1 aliphatic heterocycles. The summed E-state index contributed by atoms with van der Waals surface area (Å²) in [7, 11) is 0. The van der Waals surface area contributed by atoms with E-state index in [1.807, 2.05) is 38.1 Å². The Bertz CT molecular complexity index is 1030. The number of carboxylic acid groups (broad SMARTS) is 1. The van der Waals surface area contributed by atoms with Crippen molar-refractivity contribution in [3.8, 4) is 11.1 Å². The van der Waals surface area contributed by atoms with Crippen LogP contribution in [0.2, 0.25) is 0 Å². The second kappa shape index (κ2) is 10.9. The van der Waals surface area contributed by atoms with Crippen molar-refractivity contribution in [3.05, 3.63) is 59.7 Å². The maximum Gasteiger partial charge on any atom is 0.407 e. The summed E-state index contributed by atoms with van der Waals surface area (Å²) in [5.41, 5.74) is 4.62. The SMILES string of the molecule is CCC(C)[C@H](NC(=O)OCC1c2ccccc2-c2ccccc21)C(=O)N1CC(CCCC(=O)O)C1. The van der Waals surface area contributed by atoms with Crippen molar-refractivity contribution < 1.29 is 24.2 Å². The molecule has 4 rings (SSSR count). The Morgan fingerprint density at radius 1 is 1.06 bits per heavy atom. The summed E-state index contributed by atoms with van der Waals surface area (Å²) in [5.74, 6) is -0.629. The van der Waals surface area contributed by atoms with Crippen LogP contribution in [0.25, 0.3) is 11.1 Å². The largest absolute Gasteiger partial charge is 0.481 e. The summed E-state index contributed by atoms with van der Waals surface area (Å²) in [6.07, 6.45) is 1.74. The predicted octanol–water partition coefficient (Wildman–Crippen LogP) is 4.65. The minimum atomic E-state index is -0.790. The molecule has 2 aromatic carbocycles. The molecular weight excluding hydrogens is 444 g/mol. The number of nitrogens with zero attached hydrogens (tertiary/aromatic N) is 1. The van der Waals surface area contributed by atoms with Crippen LogP contribution >= 0.6 is 0 Å². The number of ether oxygens (including phenoxy) is 1. The van der Waals surface area contributed by atoms with Gasteiger partial charge in [-0.3, -0.25) is 9.59 Å². The van der Waals surface area contributed by atoms with Gasteiger partial charge in [0, 0.05) is 25.4 Å². The first-order valence-corrected chi connectivity index (χ1v) is 12.5. The Kier molecular flexibility index (Phi) is 7.73. The summed E-state index contributed by atoms with van der Waals surface area (Å²) in [5, 5.41) is 11.6. The molecule has 0 spiro atoms. The van der Waals surface area contributed by atoms with Crippen LogP contribution in [0.4, 0.5) is 4.79 Å². The van der Waals surface area contributed by atoms with Gasteiger partial charge in [-0.2, -0.15) is 0 Å². The van der Waals surface area contributed by atoms with E-state index in [0.717, 1.165) is 24.0 Å². The first kappa shape index (κ1) is 24.8. The molecule has 2 atom stereocenters. The maximum absolute atomic E-state index is 13.1. The third kappa shape index (κ3) is 5.50. The van der Waals surface area contributed by atoms with E-state index < -0.39 is 18.1 Å². The Morgan fingerprint density at radius 2 is 1.66 bits per heavy atom. The molecule has 1 aliphatic carbocycles. The number of hydrogen-bond donors (Lipinski definition) is 2. The Hall–Kier alpha value is -3.35. The molecule has 7 heteroatoms. The van der Waals surface area contributed by atoms with Gasteiger partial charge in [0.2, 0.25) is 5.91 Å². The molecule has 0 radical (unpaired) electrons. The molecular formula is C28H34N2O5. The van der Waals surface area contributed by atoms with Gasteiger partial charge in [-0.1, -0.05) is 68.8 Å². The van der Waals surface area contributed by atoms with Crippen molar-refractivity contribution in [2.24, 2.45) is 11.8 Å². The fourth-order valence-electron chi connectivity index (χ4n) is 5.12. The van der Waals surface area contributed by atoms with Crippen LogP contribution in [0, 0.1) is 11.8 Å². The zero-order valence-electron chi connectivity index (χ0n) is 20.4. The van der Waals surface area contributed by atoms with Crippen LogP contribution in [0.3, 0.4) is 0 Å². The fourth-order valence-corrected chi connectivity index (χ4v) is 5.12. The van der Waals surface area contributed by atoms with Crippen molar-refractivity contribution in [3.63, 3.8) is 0 Å². The Labute approximate surface area is 206 Å². The average Bonchev–Trinajstić information content (AvgIpc) is 3.15. The molecule has 1 heterocycles. The molecule has 2 N–H and O–H groups in total. The van der Waals surface area contributed by atoms with E-state index in [9.17, 15) is 14.4 Å². The number of benzene rings is 2. The molecule has 35 heavy (non-hydrogen) atoms. The number of fused-ring (bicyclic) bond motifs is 3. The van der Waals surface area contributed by atoms with Gasteiger partial charge in [0.1, 0.15) is 12.6 Å². The highest BCUT2D eigenvalue weighted by molar-refractivity contribution is 5.86. The van der Waals surface area contributed by atoms with E-state index in [4.69, 9.17) is 9.84 Å². The number of carboxylic acids is 1. The van der Waals surface area contributed by atoms with Gasteiger partial charge >= 0.3 is 12.1 Å². The van der Waals surface area contributed by atoms with Crippen LogP contribution in [0.15, 0.2) is 48.5 Å². The third-order valence-corrected chi connectivity index (χ3v) is 7.37. The smallest absolute Gasteiger partial charge is 0.407 e. The zero-order chi connectivity index (χ0) is 24.9. The number of carbonyl (C=O) groups excluding carboxylic acids is 2. The van der Waals surface area contributed by atoms with Gasteiger partial charge in [0.05, 0.1) is 0 Å². The zero-order valence-corrected chi connectivity index (χ0v) is 20.4. The van der Waals surface area contributed by atoms with E-state index >= 15 is 0 Å². The quantitative estimate of drug-likeness (QED) is 0.518. The van der Waals surface area contributed by atoms with E-state index in [1.54, 1.807) is 4.90 Å². The molecule has 2 aromatic rings. The van der Waals surface area contributed by atoms with Gasteiger partial charge in [0.25, 0.3) is 0 Å². The number of aliphatic carboxylic acids is 1. The minimum Gasteiger partial charge on any atom is -0.481 e. The lowest BCUT2D eigenvalue weighted by Crippen LogP contribution is -2.58. The van der Waals surface area contributed by atoms with Crippen LogP contribution in [-0.2, 0) is 14.3 Å². The standard InChI is InChI=1S/C28H34N2O5/c1-3-18(2)26(27(33)30-15-19(16-30)9-8-14-25(31)32)29-28(34)35-17-24-22-12-6-4-10-20(22)21-11-5-7-13-23(21)24/h4-7,10-13,18-19,24,26H,3,8-9,14-17H2,1-2H3,(H,29,34)(H,31,32)/t18?,26-/m0/s1. The van der Waals surface area contributed by atoms with Crippen molar-refractivity contribution >= 4 is 18.0 Å². The number of nitrogens with one attached hydrogen (secondary N) is 1. The molecule has 186 valence electrons. The second-order valence-electron chi connectivity index (χ2n) is 9.73. The lowest BCUT2D eigenvalue weighted by atomic mass is 9.90. The van der Waals surface area contributed by atoms with Gasteiger partial charge < -0.3 is 20.1 Å². The van der Waals surface area contributed by atoms with Gasteiger partial charge in [0.15, 0.2) is 0 Å². The fraction of sp³-hybridized carbons (Fsp3) is 0.464. The number of carbonyl (C=O) groups is 3. The summed E-state index contributed by atoms with van der Waals surface area (Å²) in [4.78, 5) is 38.4. The predicted molar refractivity (Wildman–Crippen MR) is 133 cm³/mol. The first-order valence-electron chi connectivity index (χ1n) is 12.5. The summed E-state index contributed by atoms with van der Waals surface area (Å²) < 4.78 is 5.67. The molecule has 2 amide bonds. The molecule has 0 bridgehead atoms. The highest BCUT2D eigenvalue weighted by atomic mass is 16.5. The lowest BCUT2D eigenvalue weighted by molar-refractivity contribution is -0.142. The van der Waals surface area contributed by atoms with Crippen LogP contribution in [0.5, 0.6) is 0 Å². The van der Waals surface area contributed by atoms with E-state index in [1.165, 1.54) is 11.1 Å². The van der Waals surface area contributed by atoms with E-state index in [0.29, 0.717) is 25.4 Å². The van der Waals surface area contributed by atoms with E-state index in [2.05, 4.69) is 29.6 Å². The van der Waals surface area contributed by atoms with Crippen LogP contribution in [-0.4, -0.2) is 53.7 Å². The summed E-state index contributed by atoms with van der Waals surface area (Å²) in [6, 6.07) is 15.7. The van der Waals surface area contributed by atoms with E-state index in [-0.39, 0.29) is 30.8 Å². The molecule has 0 saturated carbocycles. The number of hydrogen-bond acceptors (Lipinski definition) is 4. The molecule has 0 aromatic heterocycles. The van der Waals surface area contributed by atoms with Crippen molar-refractivity contribution in [1.29, 1.82) is 0 Å². The minimum absolute atomic E-state index is 0.0333. The maximum atomic E-state index is 13.1. The topological polar surface area (TPSA) is 95.9 Å². The van der Waals surface area contributed by atoms with Gasteiger partial charge in [-0.25, -0.2) is 4.79 Å². The normalized spacial score (nSPS) is 16.6.